The molecule has 0 radical (unpaired) electrons. The maximum atomic E-state index is 13.5. The summed E-state index contributed by atoms with van der Waals surface area (Å²) in [5.74, 6) is 0.546. The highest BCUT2D eigenvalue weighted by atomic mass is 19.1. The Hall–Kier alpha value is -3.86. The Balaban J connectivity index is 1.19. The van der Waals surface area contributed by atoms with Crippen molar-refractivity contribution in [1.29, 1.82) is 0 Å². The van der Waals surface area contributed by atoms with Crippen molar-refractivity contribution in [3.8, 4) is 11.4 Å². The molecule has 2 N–H and O–H groups in total. The molecule has 2 saturated heterocycles. The van der Waals surface area contributed by atoms with Crippen molar-refractivity contribution in [3.05, 3.63) is 59.9 Å². The number of amides is 3. The molecule has 1 aromatic heterocycles. The number of hydrogen-bond acceptors (Lipinski definition) is 6. The molecule has 2 aliphatic heterocycles. The molecule has 0 saturated carbocycles. The van der Waals surface area contributed by atoms with Crippen LogP contribution in [0.4, 0.5) is 14.9 Å². The lowest BCUT2D eigenvalue weighted by molar-refractivity contribution is -0.150. The fourth-order valence-corrected chi connectivity index (χ4v) is 5.28. The number of hydrogen-bond donors (Lipinski definition) is 2. The number of carbonyl (C=O) groups is 2. The SMILES string of the molecule is Cn1nnnc1-c1cccc(NC(=O)N[C@@H]2CCCO[C@H]2C(=O)N2CCCC(Cc3ccc(F)cc3)C2)c1. The number of anilines is 1. The highest BCUT2D eigenvalue weighted by Gasteiger charge is 2.37. The molecule has 38 heavy (non-hydrogen) atoms. The van der Waals surface area contributed by atoms with Gasteiger partial charge in [0.1, 0.15) is 5.82 Å². The van der Waals surface area contributed by atoms with Gasteiger partial charge in [-0.15, -0.1) is 5.10 Å². The van der Waals surface area contributed by atoms with E-state index in [0.717, 1.165) is 36.8 Å². The Labute approximate surface area is 220 Å². The maximum Gasteiger partial charge on any atom is 0.319 e. The first-order valence-electron chi connectivity index (χ1n) is 13.0. The molecule has 3 aromatic rings. The van der Waals surface area contributed by atoms with Crippen molar-refractivity contribution >= 4 is 17.6 Å². The van der Waals surface area contributed by atoms with Gasteiger partial charge in [-0.3, -0.25) is 4.79 Å². The predicted molar refractivity (Wildman–Crippen MR) is 139 cm³/mol. The van der Waals surface area contributed by atoms with E-state index in [1.807, 2.05) is 17.0 Å². The molecule has 10 nitrogen and oxygen atoms in total. The van der Waals surface area contributed by atoms with Crippen LogP contribution in [-0.2, 0) is 23.0 Å². The van der Waals surface area contributed by atoms with Gasteiger partial charge in [-0.1, -0.05) is 24.3 Å². The summed E-state index contributed by atoms with van der Waals surface area (Å²) in [5, 5.41) is 17.3. The summed E-state index contributed by atoms with van der Waals surface area (Å²) >= 11 is 0. The second kappa shape index (κ2) is 11.7. The van der Waals surface area contributed by atoms with E-state index in [9.17, 15) is 14.0 Å². The normalized spacial score (nSPS) is 21.6. The van der Waals surface area contributed by atoms with E-state index in [1.165, 1.54) is 12.1 Å². The summed E-state index contributed by atoms with van der Waals surface area (Å²) < 4.78 is 20.7. The minimum Gasteiger partial charge on any atom is -0.366 e. The number of likely N-dealkylation sites (tertiary alicyclic amines) is 1. The van der Waals surface area contributed by atoms with Gasteiger partial charge >= 0.3 is 6.03 Å². The Bertz CT molecular complexity index is 1270. The van der Waals surface area contributed by atoms with Crippen molar-refractivity contribution in [2.24, 2.45) is 13.0 Å². The van der Waals surface area contributed by atoms with Gasteiger partial charge in [0.05, 0.1) is 6.04 Å². The van der Waals surface area contributed by atoms with Gasteiger partial charge in [-0.05, 0) is 78.3 Å². The number of urea groups is 1. The number of carbonyl (C=O) groups excluding carboxylic acids is 2. The van der Waals surface area contributed by atoms with E-state index in [-0.39, 0.29) is 11.7 Å². The summed E-state index contributed by atoms with van der Waals surface area (Å²) in [4.78, 5) is 28.3. The minimum absolute atomic E-state index is 0.0874. The van der Waals surface area contributed by atoms with Crippen LogP contribution in [0.3, 0.4) is 0 Å². The summed E-state index contributed by atoms with van der Waals surface area (Å²) in [6, 6.07) is 13.0. The number of ether oxygens (including phenoxy) is 1. The third kappa shape index (κ3) is 6.16. The van der Waals surface area contributed by atoms with Crippen LogP contribution >= 0.6 is 0 Å². The van der Waals surface area contributed by atoms with Crippen molar-refractivity contribution in [2.45, 2.75) is 44.2 Å². The summed E-state index contributed by atoms with van der Waals surface area (Å²) in [6.45, 7) is 1.77. The molecule has 0 bridgehead atoms. The maximum absolute atomic E-state index is 13.5. The molecule has 0 spiro atoms. The summed E-state index contributed by atoms with van der Waals surface area (Å²) in [6.07, 6.45) is 3.40. The van der Waals surface area contributed by atoms with Crippen LogP contribution in [0.1, 0.15) is 31.2 Å². The van der Waals surface area contributed by atoms with Crippen LogP contribution < -0.4 is 10.6 Å². The predicted octanol–water partition coefficient (Wildman–Crippen LogP) is 3.17. The monoisotopic (exact) mass is 521 g/mol. The summed E-state index contributed by atoms with van der Waals surface area (Å²) in [7, 11) is 1.75. The van der Waals surface area contributed by atoms with E-state index in [2.05, 4.69) is 26.2 Å². The van der Waals surface area contributed by atoms with E-state index in [0.29, 0.717) is 43.5 Å². The number of halogens is 1. The molecule has 200 valence electrons. The average Bonchev–Trinajstić information content (AvgIpc) is 3.36. The number of rotatable bonds is 6. The highest BCUT2D eigenvalue weighted by molar-refractivity contribution is 5.91. The lowest BCUT2D eigenvalue weighted by atomic mass is 9.90. The Morgan fingerprint density at radius 3 is 2.76 bits per heavy atom. The third-order valence-electron chi connectivity index (χ3n) is 7.15. The van der Waals surface area contributed by atoms with Crippen molar-refractivity contribution < 1.29 is 18.7 Å². The second-order valence-electron chi connectivity index (χ2n) is 9.97. The number of nitrogens with zero attached hydrogens (tertiary/aromatic N) is 5. The molecule has 2 aliphatic rings. The van der Waals surface area contributed by atoms with Gasteiger partial charge in [0.2, 0.25) is 0 Å². The zero-order valence-corrected chi connectivity index (χ0v) is 21.3. The number of nitrogens with one attached hydrogen (secondary N) is 2. The molecule has 3 atom stereocenters. The van der Waals surface area contributed by atoms with Crippen LogP contribution in [0.15, 0.2) is 48.5 Å². The lowest BCUT2D eigenvalue weighted by Crippen LogP contribution is -2.56. The first-order valence-corrected chi connectivity index (χ1v) is 13.0. The first kappa shape index (κ1) is 25.8. The van der Waals surface area contributed by atoms with E-state index in [1.54, 1.807) is 36.0 Å². The van der Waals surface area contributed by atoms with Crippen LogP contribution in [0.25, 0.3) is 11.4 Å². The number of benzene rings is 2. The lowest BCUT2D eigenvalue weighted by Gasteiger charge is -2.38. The fourth-order valence-electron chi connectivity index (χ4n) is 5.28. The molecule has 3 heterocycles. The average molecular weight is 522 g/mol. The fraction of sp³-hybridized carbons (Fsp3) is 0.444. The van der Waals surface area contributed by atoms with Crippen LogP contribution in [0.2, 0.25) is 0 Å². The minimum atomic E-state index is -0.727. The molecular formula is C27H32FN7O3. The van der Waals surface area contributed by atoms with E-state index in [4.69, 9.17) is 4.74 Å². The zero-order chi connectivity index (χ0) is 26.5. The Morgan fingerprint density at radius 2 is 1.97 bits per heavy atom. The molecule has 0 aliphatic carbocycles. The standard InChI is InChI=1S/C27H32FN7O3/c1-34-25(31-32-33-34)20-6-2-7-22(16-20)29-27(37)30-23-8-4-14-38-24(23)26(36)35-13-3-5-19(17-35)15-18-9-11-21(28)12-10-18/h2,6-7,9-12,16,19,23-24H,3-5,8,13-15,17H2,1H3,(H2,29,30,37)/t19?,23-,24-/m1/s1. The first-order chi connectivity index (χ1) is 18.5. The second-order valence-corrected chi connectivity index (χ2v) is 9.97. The third-order valence-corrected chi connectivity index (χ3v) is 7.15. The number of aromatic nitrogens is 4. The highest BCUT2D eigenvalue weighted by Crippen LogP contribution is 2.25. The van der Waals surface area contributed by atoms with Crippen molar-refractivity contribution in [3.63, 3.8) is 0 Å². The van der Waals surface area contributed by atoms with Crippen LogP contribution in [-0.4, -0.2) is 68.9 Å². The molecule has 2 fully saturated rings. The molecule has 1 unspecified atom stereocenters. The van der Waals surface area contributed by atoms with Crippen LogP contribution in [0, 0.1) is 11.7 Å². The number of piperidine rings is 1. The zero-order valence-electron chi connectivity index (χ0n) is 21.3. The number of aryl methyl sites for hydroxylation is 1. The smallest absolute Gasteiger partial charge is 0.319 e. The molecule has 2 aromatic carbocycles. The summed E-state index contributed by atoms with van der Waals surface area (Å²) in [5.41, 5.74) is 2.42. The van der Waals surface area contributed by atoms with Crippen LogP contribution in [0.5, 0.6) is 0 Å². The Kier molecular flexibility index (Phi) is 7.92. The van der Waals surface area contributed by atoms with Crippen molar-refractivity contribution in [2.75, 3.05) is 25.0 Å². The van der Waals surface area contributed by atoms with Gasteiger partial charge in [0.15, 0.2) is 11.9 Å². The molecule has 3 amide bonds. The molecular weight excluding hydrogens is 489 g/mol. The van der Waals surface area contributed by atoms with E-state index >= 15 is 0 Å². The Morgan fingerprint density at radius 1 is 1.13 bits per heavy atom. The van der Waals surface area contributed by atoms with Gasteiger partial charge in [-0.2, -0.15) is 0 Å². The molecule has 5 rings (SSSR count). The van der Waals surface area contributed by atoms with Gasteiger partial charge < -0.3 is 20.3 Å². The quantitative estimate of drug-likeness (QED) is 0.515. The topological polar surface area (TPSA) is 114 Å². The van der Waals surface area contributed by atoms with Gasteiger partial charge in [0, 0.05) is 38.0 Å². The van der Waals surface area contributed by atoms with Gasteiger partial charge in [0.25, 0.3) is 5.91 Å². The van der Waals surface area contributed by atoms with Gasteiger partial charge in [-0.25, -0.2) is 13.9 Å². The van der Waals surface area contributed by atoms with E-state index < -0.39 is 18.2 Å². The largest absolute Gasteiger partial charge is 0.366 e. The molecule has 11 heteroatoms. The number of tetrazole rings is 1. The van der Waals surface area contributed by atoms with Crippen molar-refractivity contribution in [1.82, 2.24) is 30.4 Å².